The average molecular weight is 489 g/mol. The largest absolute Gasteiger partial charge is 0.493 e. The van der Waals surface area contributed by atoms with Gasteiger partial charge in [0.1, 0.15) is 5.82 Å². The molecule has 1 aliphatic heterocycles. The molecule has 2 fully saturated rings. The van der Waals surface area contributed by atoms with E-state index in [1.165, 1.54) is 12.0 Å². The summed E-state index contributed by atoms with van der Waals surface area (Å²) >= 11 is 0. The molecule has 2 aromatic carbocycles. The number of aromatic nitrogens is 2. The highest BCUT2D eigenvalue weighted by molar-refractivity contribution is 5.95. The highest BCUT2D eigenvalue weighted by Crippen LogP contribution is 2.46. The number of amidine groups is 1. The lowest BCUT2D eigenvalue weighted by Crippen LogP contribution is -2.48. The van der Waals surface area contributed by atoms with Crippen molar-refractivity contribution >= 4 is 28.5 Å². The molecule has 2 heterocycles. The maximum atomic E-state index is 8.74. The van der Waals surface area contributed by atoms with Crippen LogP contribution in [0.4, 0.5) is 11.8 Å². The molecule has 1 saturated carbocycles. The van der Waals surface area contributed by atoms with Crippen molar-refractivity contribution in [3.8, 4) is 11.5 Å². The second kappa shape index (κ2) is 9.84. The molecule has 3 aromatic rings. The summed E-state index contributed by atoms with van der Waals surface area (Å²) in [6.45, 7) is 1.73. The Bertz CT molecular complexity index is 1250. The molecule has 0 bridgehead atoms. The highest BCUT2D eigenvalue weighted by Gasteiger charge is 2.40. The predicted molar refractivity (Wildman–Crippen MR) is 144 cm³/mol. The molecule has 190 valence electrons. The van der Waals surface area contributed by atoms with Crippen molar-refractivity contribution in [1.29, 1.82) is 5.41 Å². The Kier molecular flexibility index (Phi) is 6.60. The van der Waals surface area contributed by atoms with Gasteiger partial charge in [0.15, 0.2) is 11.5 Å². The topological polar surface area (TPSA) is 109 Å². The third kappa shape index (κ3) is 4.18. The molecule has 5 rings (SSSR count). The molecular weight excluding hydrogens is 452 g/mol. The monoisotopic (exact) mass is 488 g/mol. The number of anilines is 2. The average Bonchev–Trinajstić information content (AvgIpc) is 2.87. The van der Waals surface area contributed by atoms with Crippen molar-refractivity contribution in [1.82, 2.24) is 14.9 Å². The van der Waals surface area contributed by atoms with E-state index in [0.717, 1.165) is 61.1 Å². The molecule has 0 unspecified atom stereocenters. The molecule has 0 atom stereocenters. The molecule has 1 saturated heterocycles. The lowest BCUT2D eigenvalue weighted by atomic mass is 9.68. The lowest BCUT2D eigenvalue weighted by molar-refractivity contribution is 0.207. The van der Waals surface area contributed by atoms with Gasteiger partial charge < -0.3 is 25.4 Å². The summed E-state index contributed by atoms with van der Waals surface area (Å²) in [5.74, 6) is 3.47. The number of nitrogens with zero attached hydrogens (tertiary/aromatic N) is 3. The van der Waals surface area contributed by atoms with Crippen molar-refractivity contribution in [3.63, 3.8) is 0 Å². The number of ether oxygens (including phenoxy) is 2. The van der Waals surface area contributed by atoms with Crippen molar-refractivity contribution in [2.24, 2.45) is 5.92 Å². The van der Waals surface area contributed by atoms with Crippen LogP contribution < -0.4 is 20.5 Å². The summed E-state index contributed by atoms with van der Waals surface area (Å²) in [6, 6.07) is 12.6. The van der Waals surface area contributed by atoms with Gasteiger partial charge in [-0.15, -0.1) is 0 Å². The van der Waals surface area contributed by atoms with Crippen LogP contribution in [0.25, 0.3) is 10.9 Å². The first-order valence-corrected chi connectivity index (χ1v) is 12.8. The Morgan fingerprint density at radius 1 is 1.14 bits per heavy atom. The standard InChI is InChI=1S/C28H36N6O2/c1-31-27-32-21-16-22(35-2)24(36-3)20(23(21)25(29)33-27)17-28(19-10-5-4-6-11-19)12-14-34(15-13-28)26(30)18-8-7-9-18/h4-6,10-11,16,18,30H,7-9,12-15,17H2,1-3H3,(H3,29,31,32,33). The van der Waals surface area contributed by atoms with Crippen LogP contribution in [-0.2, 0) is 11.8 Å². The maximum Gasteiger partial charge on any atom is 0.224 e. The zero-order chi connectivity index (χ0) is 25.3. The van der Waals surface area contributed by atoms with Gasteiger partial charge >= 0.3 is 0 Å². The Morgan fingerprint density at radius 2 is 1.86 bits per heavy atom. The van der Waals surface area contributed by atoms with Crippen LogP contribution in [0.15, 0.2) is 36.4 Å². The number of fused-ring (bicyclic) bond motifs is 1. The molecule has 36 heavy (non-hydrogen) atoms. The van der Waals surface area contributed by atoms with Gasteiger partial charge in [0.25, 0.3) is 0 Å². The minimum absolute atomic E-state index is 0.141. The van der Waals surface area contributed by atoms with E-state index in [1.54, 1.807) is 21.3 Å². The number of hydrogen-bond acceptors (Lipinski definition) is 7. The molecule has 2 aliphatic rings. The summed E-state index contributed by atoms with van der Waals surface area (Å²) in [5, 5.41) is 12.5. The van der Waals surface area contributed by atoms with Crippen LogP contribution in [0.2, 0.25) is 0 Å². The Hall–Kier alpha value is -3.55. The number of rotatable bonds is 7. The van der Waals surface area contributed by atoms with Gasteiger partial charge in [0, 0.05) is 48.5 Å². The molecule has 0 amide bonds. The fourth-order valence-electron chi connectivity index (χ4n) is 5.83. The van der Waals surface area contributed by atoms with Crippen LogP contribution >= 0.6 is 0 Å². The zero-order valence-corrected chi connectivity index (χ0v) is 21.4. The summed E-state index contributed by atoms with van der Waals surface area (Å²) in [6.07, 6.45) is 6.13. The zero-order valence-electron chi connectivity index (χ0n) is 21.4. The molecule has 1 aliphatic carbocycles. The Morgan fingerprint density at radius 3 is 2.44 bits per heavy atom. The van der Waals surface area contributed by atoms with E-state index >= 15 is 0 Å². The van der Waals surface area contributed by atoms with Gasteiger partial charge in [-0.3, -0.25) is 5.41 Å². The number of benzene rings is 2. The first-order valence-electron chi connectivity index (χ1n) is 12.8. The lowest BCUT2D eigenvalue weighted by Gasteiger charge is -2.45. The van der Waals surface area contributed by atoms with Gasteiger partial charge in [-0.25, -0.2) is 4.98 Å². The quantitative estimate of drug-likeness (QED) is 0.329. The van der Waals surface area contributed by atoms with E-state index in [-0.39, 0.29) is 5.41 Å². The number of nitrogens with one attached hydrogen (secondary N) is 2. The van der Waals surface area contributed by atoms with E-state index in [4.69, 9.17) is 20.6 Å². The molecule has 4 N–H and O–H groups in total. The van der Waals surface area contributed by atoms with E-state index < -0.39 is 0 Å². The summed E-state index contributed by atoms with van der Waals surface area (Å²) in [5.41, 5.74) is 9.38. The Labute approximate surface area is 212 Å². The van der Waals surface area contributed by atoms with Crippen LogP contribution in [0, 0.1) is 11.3 Å². The molecular formula is C28H36N6O2. The first-order chi connectivity index (χ1) is 17.5. The number of nitrogens with two attached hydrogens (primary N) is 1. The van der Waals surface area contributed by atoms with Gasteiger partial charge in [0.2, 0.25) is 5.95 Å². The smallest absolute Gasteiger partial charge is 0.224 e. The second-order valence-corrected chi connectivity index (χ2v) is 9.99. The minimum atomic E-state index is -0.141. The van der Waals surface area contributed by atoms with Gasteiger partial charge in [-0.2, -0.15) is 4.98 Å². The van der Waals surface area contributed by atoms with E-state index in [1.807, 2.05) is 6.07 Å². The van der Waals surface area contributed by atoms with Gasteiger partial charge in [-0.05, 0) is 37.7 Å². The fourth-order valence-corrected chi connectivity index (χ4v) is 5.83. The van der Waals surface area contributed by atoms with Gasteiger partial charge in [-0.1, -0.05) is 36.8 Å². The second-order valence-electron chi connectivity index (χ2n) is 9.99. The van der Waals surface area contributed by atoms with E-state index in [0.29, 0.717) is 35.6 Å². The number of piperidine rings is 1. The minimum Gasteiger partial charge on any atom is -0.493 e. The summed E-state index contributed by atoms with van der Waals surface area (Å²) in [7, 11) is 5.10. The summed E-state index contributed by atoms with van der Waals surface area (Å²) in [4.78, 5) is 11.5. The molecule has 0 radical (unpaired) electrons. The molecule has 8 nitrogen and oxygen atoms in total. The molecule has 0 spiro atoms. The van der Waals surface area contributed by atoms with Crippen molar-refractivity contribution in [3.05, 3.63) is 47.5 Å². The van der Waals surface area contributed by atoms with Gasteiger partial charge in [0.05, 0.1) is 25.6 Å². The fraction of sp³-hybridized carbons (Fsp3) is 0.464. The number of likely N-dealkylation sites (tertiary alicyclic amines) is 1. The third-order valence-electron chi connectivity index (χ3n) is 8.13. The van der Waals surface area contributed by atoms with Crippen LogP contribution in [0.3, 0.4) is 0 Å². The maximum absolute atomic E-state index is 8.74. The normalized spacial score (nSPS) is 17.5. The third-order valence-corrected chi connectivity index (χ3v) is 8.13. The Balaban J connectivity index is 1.60. The summed E-state index contributed by atoms with van der Waals surface area (Å²) < 4.78 is 11.7. The number of hydrogen-bond donors (Lipinski definition) is 3. The SMILES string of the molecule is CNc1nc(N)c2c(CC3(c4ccccc4)CCN(C(=N)C4CCC4)CC3)c(OC)c(OC)cc2n1. The van der Waals surface area contributed by atoms with Crippen LogP contribution in [-0.4, -0.2) is 55.1 Å². The molecule has 8 heteroatoms. The van der Waals surface area contributed by atoms with Crippen LogP contribution in [0.5, 0.6) is 11.5 Å². The number of nitrogen functional groups attached to an aromatic ring is 1. The van der Waals surface area contributed by atoms with Crippen molar-refractivity contribution in [2.75, 3.05) is 45.4 Å². The van der Waals surface area contributed by atoms with Crippen LogP contribution in [0.1, 0.15) is 43.2 Å². The van der Waals surface area contributed by atoms with Crippen molar-refractivity contribution in [2.45, 2.75) is 43.9 Å². The first kappa shape index (κ1) is 24.2. The number of methoxy groups -OCH3 is 2. The van der Waals surface area contributed by atoms with E-state index in [9.17, 15) is 0 Å². The highest BCUT2D eigenvalue weighted by atomic mass is 16.5. The van der Waals surface area contributed by atoms with Crippen molar-refractivity contribution < 1.29 is 9.47 Å². The van der Waals surface area contributed by atoms with E-state index in [2.05, 4.69) is 50.5 Å². The molecule has 1 aromatic heterocycles. The predicted octanol–water partition coefficient (Wildman–Crippen LogP) is 4.62.